The van der Waals surface area contributed by atoms with Crippen LogP contribution in [-0.2, 0) is 4.79 Å². The van der Waals surface area contributed by atoms with Crippen molar-refractivity contribution < 1.29 is 4.79 Å². The van der Waals surface area contributed by atoms with Crippen molar-refractivity contribution in [2.24, 2.45) is 0 Å². The summed E-state index contributed by atoms with van der Waals surface area (Å²) in [4.78, 5) is 10.6. The van der Waals surface area contributed by atoms with Crippen molar-refractivity contribution in [2.75, 3.05) is 12.3 Å². The molecule has 0 saturated carbocycles. The Labute approximate surface area is 93.9 Å². The third-order valence-corrected chi connectivity index (χ3v) is 2.05. The van der Waals surface area contributed by atoms with E-state index in [4.69, 9.17) is 17.3 Å². The highest BCUT2D eigenvalue weighted by Crippen LogP contribution is 2.18. The number of nitrogen functional groups attached to an aromatic ring is 1. The molecule has 0 aliphatic carbocycles. The topological polar surface area (TPSA) is 55.1 Å². The molecule has 15 heavy (non-hydrogen) atoms. The Kier molecular flexibility index (Phi) is 4.18. The summed E-state index contributed by atoms with van der Waals surface area (Å²) in [6.07, 6.45) is 3.68. The zero-order valence-corrected chi connectivity index (χ0v) is 9.21. The minimum Gasteiger partial charge on any atom is -0.398 e. The van der Waals surface area contributed by atoms with Crippen LogP contribution in [0.15, 0.2) is 24.3 Å². The SMILES string of the molecule is CC(=O)NCC=Cc1ccc(Cl)cc1N. The molecule has 4 heteroatoms. The Morgan fingerprint density at radius 2 is 2.33 bits per heavy atom. The van der Waals surface area contributed by atoms with Gasteiger partial charge in [0, 0.05) is 24.2 Å². The number of carbonyl (C=O) groups excluding carboxylic acids is 1. The molecular weight excluding hydrogens is 212 g/mol. The van der Waals surface area contributed by atoms with Gasteiger partial charge in [0.2, 0.25) is 5.91 Å². The van der Waals surface area contributed by atoms with Crippen LogP contribution in [0, 0.1) is 0 Å². The van der Waals surface area contributed by atoms with Crippen molar-refractivity contribution in [2.45, 2.75) is 6.92 Å². The van der Waals surface area contributed by atoms with Gasteiger partial charge in [-0.2, -0.15) is 0 Å². The van der Waals surface area contributed by atoms with Crippen LogP contribution in [0.5, 0.6) is 0 Å². The highest BCUT2D eigenvalue weighted by molar-refractivity contribution is 6.30. The normalized spacial score (nSPS) is 10.5. The van der Waals surface area contributed by atoms with E-state index in [0.29, 0.717) is 17.3 Å². The molecule has 3 nitrogen and oxygen atoms in total. The smallest absolute Gasteiger partial charge is 0.217 e. The van der Waals surface area contributed by atoms with Crippen molar-refractivity contribution in [1.82, 2.24) is 5.32 Å². The Morgan fingerprint density at radius 3 is 2.93 bits per heavy atom. The maximum Gasteiger partial charge on any atom is 0.217 e. The summed E-state index contributed by atoms with van der Waals surface area (Å²) in [6.45, 7) is 1.97. The predicted molar refractivity (Wildman–Crippen MR) is 63.6 cm³/mol. The van der Waals surface area contributed by atoms with Crippen molar-refractivity contribution in [1.29, 1.82) is 0 Å². The molecule has 0 aliphatic rings. The van der Waals surface area contributed by atoms with Gasteiger partial charge < -0.3 is 11.1 Å². The predicted octanol–water partition coefficient (Wildman–Crippen LogP) is 2.07. The molecule has 0 bridgehead atoms. The monoisotopic (exact) mass is 224 g/mol. The lowest BCUT2D eigenvalue weighted by Crippen LogP contribution is -2.19. The lowest BCUT2D eigenvalue weighted by molar-refractivity contribution is -0.118. The second kappa shape index (κ2) is 5.41. The van der Waals surface area contributed by atoms with E-state index < -0.39 is 0 Å². The number of benzene rings is 1. The second-order valence-corrected chi connectivity index (χ2v) is 3.55. The lowest BCUT2D eigenvalue weighted by Gasteiger charge is -2.00. The fourth-order valence-electron chi connectivity index (χ4n) is 1.09. The van der Waals surface area contributed by atoms with Gasteiger partial charge in [0.05, 0.1) is 0 Å². The molecule has 0 aromatic heterocycles. The Balaban J connectivity index is 2.60. The van der Waals surface area contributed by atoms with Gasteiger partial charge in [-0.05, 0) is 17.7 Å². The summed E-state index contributed by atoms with van der Waals surface area (Å²) >= 11 is 5.76. The maximum atomic E-state index is 10.6. The van der Waals surface area contributed by atoms with Crippen LogP contribution < -0.4 is 11.1 Å². The number of anilines is 1. The molecule has 0 spiro atoms. The molecule has 1 aromatic carbocycles. The van der Waals surface area contributed by atoms with Crippen molar-refractivity contribution in [3.63, 3.8) is 0 Å². The summed E-state index contributed by atoms with van der Waals surface area (Å²) in [5.74, 6) is -0.0521. The number of carbonyl (C=O) groups is 1. The van der Waals surface area contributed by atoms with Crippen LogP contribution in [0.4, 0.5) is 5.69 Å². The zero-order chi connectivity index (χ0) is 11.3. The van der Waals surface area contributed by atoms with Gasteiger partial charge in [0.1, 0.15) is 0 Å². The first-order chi connectivity index (χ1) is 7.09. The molecular formula is C11H13ClN2O. The first-order valence-electron chi connectivity index (χ1n) is 4.55. The highest BCUT2D eigenvalue weighted by Gasteiger charge is 1.95. The van der Waals surface area contributed by atoms with Crippen LogP contribution in [-0.4, -0.2) is 12.5 Å². The summed E-state index contributed by atoms with van der Waals surface area (Å²) in [6, 6.07) is 5.30. The fourth-order valence-corrected chi connectivity index (χ4v) is 1.27. The molecule has 1 rings (SSSR count). The van der Waals surface area contributed by atoms with E-state index in [2.05, 4.69) is 5.32 Å². The van der Waals surface area contributed by atoms with Gasteiger partial charge in [-0.1, -0.05) is 29.8 Å². The second-order valence-electron chi connectivity index (χ2n) is 3.11. The quantitative estimate of drug-likeness (QED) is 0.773. The van der Waals surface area contributed by atoms with Crippen LogP contribution in [0.2, 0.25) is 5.02 Å². The van der Waals surface area contributed by atoms with E-state index in [-0.39, 0.29) is 5.91 Å². The summed E-state index contributed by atoms with van der Waals surface area (Å²) < 4.78 is 0. The van der Waals surface area contributed by atoms with Crippen molar-refractivity contribution in [3.8, 4) is 0 Å². The Hall–Kier alpha value is -1.48. The van der Waals surface area contributed by atoms with Gasteiger partial charge in [-0.15, -0.1) is 0 Å². The molecule has 1 amide bonds. The summed E-state index contributed by atoms with van der Waals surface area (Å²) in [5.41, 5.74) is 7.26. The van der Waals surface area contributed by atoms with E-state index in [9.17, 15) is 4.79 Å². The van der Waals surface area contributed by atoms with E-state index in [1.165, 1.54) is 6.92 Å². The van der Waals surface area contributed by atoms with Gasteiger partial charge in [-0.25, -0.2) is 0 Å². The molecule has 0 fully saturated rings. The molecule has 0 radical (unpaired) electrons. The van der Waals surface area contributed by atoms with Gasteiger partial charge in [0.25, 0.3) is 0 Å². The molecule has 80 valence electrons. The summed E-state index contributed by atoms with van der Waals surface area (Å²) in [7, 11) is 0. The molecule has 3 N–H and O–H groups in total. The van der Waals surface area contributed by atoms with E-state index in [1.807, 2.05) is 18.2 Å². The van der Waals surface area contributed by atoms with Crippen LogP contribution in [0.1, 0.15) is 12.5 Å². The third-order valence-electron chi connectivity index (χ3n) is 1.82. The minimum atomic E-state index is -0.0521. The van der Waals surface area contributed by atoms with E-state index in [1.54, 1.807) is 12.1 Å². The number of nitrogens with two attached hydrogens (primary N) is 1. The molecule has 0 atom stereocenters. The van der Waals surface area contributed by atoms with Crippen LogP contribution in [0.25, 0.3) is 6.08 Å². The average molecular weight is 225 g/mol. The average Bonchev–Trinajstić information content (AvgIpc) is 2.14. The van der Waals surface area contributed by atoms with E-state index >= 15 is 0 Å². The van der Waals surface area contributed by atoms with Gasteiger partial charge in [-0.3, -0.25) is 4.79 Å². The number of amides is 1. The number of hydrogen-bond donors (Lipinski definition) is 2. The van der Waals surface area contributed by atoms with Crippen LogP contribution in [0.3, 0.4) is 0 Å². The van der Waals surface area contributed by atoms with Gasteiger partial charge in [0.15, 0.2) is 0 Å². The minimum absolute atomic E-state index is 0.0521. The highest BCUT2D eigenvalue weighted by atomic mass is 35.5. The maximum absolute atomic E-state index is 10.6. The number of nitrogens with one attached hydrogen (secondary N) is 1. The standard InChI is InChI=1S/C11H13ClN2O/c1-8(15)14-6-2-3-9-4-5-10(12)7-11(9)13/h2-5,7H,6,13H2,1H3,(H,14,15). The molecule has 0 unspecified atom stereocenters. The van der Waals surface area contributed by atoms with Crippen LogP contribution >= 0.6 is 11.6 Å². The Bertz CT molecular complexity index is 388. The molecule has 0 heterocycles. The number of rotatable bonds is 3. The zero-order valence-electron chi connectivity index (χ0n) is 8.46. The number of halogens is 1. The molecule has 0 saturated heterocycles. The first-order valence-corrected chi connectivity index (χ1v) is 4.93. The third kappa shape index (κ3) is 4.04. The Morgan fingerprint density at radius 1 is 1.60 bits per heavy atom. The first kappa shape index (κ1) is 11.6. The van der Waals surface area contributed by atoms with E-state index in [0.717, 1.165) is 5.56 Å². The number of hydrogen-bond acceptors (Lipinski definition) is 2. The van der Waals surface area contributed by atoms with Crippen molar-refractivity contribution >= 4 is 29.3 Å². The fraction of sp³-hybridized carbons (Fsp3) is 0.182. The molecule has 1 aromatic rings. The largest absolute Gasteiger partial charge is 0.398 e. The summed E-state index contributed by atoms with van der Waals surface area (Å²) in [5, 5.41) is 3.27. The molecule has 0 aliphatic heterocycles. The van der Waals surface area contributed by atoms with Gasteiger partial charge >= 0.3 is 0 Å². The van der Waals surface area contributed by atoms with Crippen molar-refractivity contribution in [3.05, 3.63) is 34.9 Å². The lowest BCUT2D eigenvalue weighted by atomic mass is 10.1.